The van der Waals surface area contributed by atoms with Gasteiger partial charge in [0.2, 0.25) is 0 Å². The zero-order valence-corrected chi connectivity index (χ0v) is 14.1. The van der Waals surface area contributed by atoms with E-state index in [1.54, 1.807) is 24.0 Å². The third-order valence-electron chi connectivity index (χ3n) is 4.00. The summed E-state index contributed by atoms with van der Waals surface area (Å²) in [6.07, 6.45) is 7.51. The molecule has 0 aromatic carbocycles. The lowest BCUT2D eigenvalue weighted by Crippen LogP contribution is -2.46. The first-order valence-electron chi connectivity index (χ1n) is 7.35. The zero-order valence-electron chi connectivity index (χ0n) is 12.5. The van der Waals surface area contributed by atoms with Crippen LogP contribution in [0.2, 0.25) is 0 Å². The number of anilines is 1. The van der Waals surface area contributed by atoms with Gasteiger partial charge < -0.3 is 10.2 Å². The van der Waals surface area contributed by atoms with Gasteiger partial charge in [-0.1, -0.05) is 17.8 Å². The number of hydrogen-bond donors (Lipinski definition) is 1. The van der Waals surface area contributed by atoms with Crippen LogP contribution in [0.1, 0.15) is 12.8 Å². The molecule has 1 aromatic rings. The maximum Gasteiger partial charge on any atom is 0.189 e. The molecule has 1 atom stereocenters. The number of rotatable bonds is 4. The number of hydrogen-bond acceptors (Lipinski definition) is 7. The first kappa shape index (κ1) is 15.8. The Hall–Kier alpha value is -1.12. The van der Waals surface area contributed by atoms with Gasteiger partial charge in [-0.05, 0) is 25.2 Å². The minimum atomic E-state index is -2.98. The van der Waals surface area contributed by atoms with Crippen molar-refractivity contribution in [2.45, 2.75) is 30.1 Å². The van der Waals surface area contributed by atoms with Crippen molar-refractivity contribution in [1.82, 2.24) is 15.3 Å². The quantitative estimate of drug-likeness (QED) is 0.649. The van der Waals surface area contributed by atoms with Gasteiger partial charge in [0, 0.05) is 36.8 Å². The molecule has 2 aliphatic rings. The number of thioether (sulfide) groups is 1. The van der Waals surface area contributed by atoms with Crippen LogP contribution in [-0.2, 0) is 9.84 Å². The highest BCUT2D eigenvalue weighted by molar-refractivity contribution is 7.98. The fourth-order valence-electron chi connectivity index (χ4n) is 2.86. The summed E-state index contributed by atoms with van der Waals surface area (Å²) in [6, 6.07) is 2.27. The van der Waals surface area contributed by atoms with E-state index in [9.17, 15) is 8.42 Å². The molecule has 3 rings (SSSR count). The van der Waals surface area contributed by atoms with Crippen molar-refractivity contribution in [1.29, 1.82) is 0 Å². The van der Waals surface area contributed by atoms with Gasteiger partial charge in [-0.25, -0.2) is 18.4 Å². The average molecular weight is 340 g/mol. The van der Waals surface area contributed by atoms with E-state index in [-0.39, 0.29) is 11.8 Å². The number of aromatic nitrogens is 2. The van der Waals surface area contributed by atoms with Gasteiger partial charge in [-0.15, -0.1) is 0 Å². The number of piperidine rings is 1. The maximum absolute atomic E-state index is 11.4. The number of nitrogens with one attached hydrogen (secondary N) is 1. The van der Waals surface area contributed by atoms with Gasteiger partial charge in [0.05, 0.1) is 5.75 Å². The second kappa shape index (κ2) is 6.55. The van der Waals surface area contributed by atoms with Crippen molar-refractivity contribution in [2.24, 2.45) is 0 Å². The Balaban J connectivity index is 1.53. The van der Waals surface area contributed by atoms with Crippen LogP contribution in [0.3, 0.4) is 0 Å². The highest BCUT2D eigenvalue weighted by atomic mass is 32.2. The molecule has 1 saturated heterocycles. The molecular weight excluding hydrogens is 320 g/mol. The molecule has 1 fully saturated rings. The Kier molecular flexibility index (Phi) is 4.70. The Morgan fingerprint density at radius 3 is 2.77 bits per heavy atom. The molecule has 6 nitrogen and oxygen atoms in total. The third-order valence-corrected chi connectivity index (χ3v) is 5.96. The van der Waals surface area contributed by atoms with Gasteiger partial charge in [0.15, 0.2) is 15.0 Å². The van der Waals surface area contributed by atoms with Crippen LogP contribution < -0.4 is 10.2 Å². The molecule has 120 valence electrons. The summed E-state index contributed by atoms with van der Waals surface area (Å²) >= 11 is 1.54. The molecule has 0 amide bonds. The van der Waals surface area contributed by atoms with Crippen LogP contribution in [0.5, 0.6) is 0 Å². The van der Waals surface area contributed by atoms with Crippen LogP contribution in [-0.4, -0.2) is 55.6 Å². The standard InChI is InChI=1S/C14H20N4O2S2/c1-21-14-15-6-2-13(17-14)18-7-3-11(4-8-18)16-12-5-9-22(19,20)10-12/h2,5-6,9,11-12,16H,3-4,7-8,10H2,1H3/t12-/m0/s1. The van der Waals surface area contributed by atoms with Gasteiger partial charge in [-0.2, -0.15) is 0 Å². The molecule has 22 heavy (non-hydrogen) atoms. The first-order chi connectivity index (χ1) is 10.6. The van der Waals surface area contributed by atoms with E-state index in [1.165, 1.54) is 5.41 Å². The normalized spacial score (nSPS) is 24.8. The van der Waals surface area contributed by atoms with Crippen molar-refractivity contribution in [2.75, 3.05) is 30.0 Å². The number of nitrogens with zero attached hydrogens (tertiary/aromatic N) is 3. The fourth-order valence-corrected chi connectivity index (χ4v) is 4.46. The number of sulfone groups is 1. The maximum atomic E-state index is 11.4. The predicted molar refractivity (Wildman–Crippen MR) is 88.9 cm³/mol. The molecule has 0 unspecified atom stereocenters. The highest BCUT2D eigenvalue weighted by Crippen LogP contribution is 2.20. The summed E-state index contributed by atoms with van der Waals surface area (Å²) in [5.74, 6) is 1.16. The second-order valence-electron chi connectivity index (χ2n) is 5.59. The molecule has 0 saturated carbocycles. The summed E-state index contributed by atoms with van der Waals surface area (Å²) in [5, 5.41) is 5.55. The summed E-state index contributed by atoms with van der Waals surface area (Å²) in [7, 11) is -2.98. The molecule has 0 aliphatic carbocycles. The van der Waals surface area contributed by atoms with Crippen molar-refractivity contribution >= 4 is 27.4 Å². The SMILES string of the molecule is CSc1nccc(N2CCC(N[C@H]3C=CS(=O)(=O)C3)CC2)n1. The molecule has 1 N–H and O–H groups in total. The summed E-state index contributed by atoms with van der Waals surface area (Å²) in [5.41, 5.74) is 0. The lowest BCUT2D eigenvalue weighted by Gasteiger charge is -2.34. The smallest absolute Gasteiger partial charge is 0.189 e. The highest BCUT2D eigenvalue weighted by Gasteiger charge is 2.26. The Bertz CT molecular complexity index is 655. The van der Waals surface area contributed by atoms with Crippen molar-refractivity contribution in [3.63, 3.8) is 0 Å². The molecule has 0 bridgehead atoms. The van der Waals surface area contributed by atoms with Gasteiger partial charge in [0.1, 0.15) is 5.82 Å². The summed E-state index contributed by atoms with van der Waals surface area (Å²) < 4.78 is 22.9. The Labute approximate surface area is 135 Å². The van der Waals surface area contributed by atoms with Crippen LogP contribution in [0, 0.1) is 0 Å². The summed E-state index contributed by atoms with van der Waals surface area (Å²) in [6.45, 7) is 1.84. The molecular formula is C14H20N4O2S2. The van der Waals surface area contributed by atoms with E-state index in [0.29, 0.717) is 6.04 Å². The van der Waals surface area contributed by atoms with Crippen LogP contribution in [0.4, 0.5) is 5.82 Å². The van der Waals surface area contributed by atoms with E-state index in [4.69, 9.17) is 0 Å². The zero-order chi connectivity index (χ0) is 15.6. The third kappa shape index (κ3) is 3.80. The average Bonchev–Trinajstić information content (AvgIpc) is 2.87. The van der Waals surface area contributed by atoms with E-state index >= 15 is 0 Å². The van der Waals surface area contributed by atoms with Gasteiger partial charge in [-0.3, -0.25) is 0 Å². The van der Waals surface area contributed by atoms with E-state index in [1.807, 2.05) is 12.3 Å². The summed E-state index contributed by atoms with van der Waals surface area (Å²) in [4.78, 5) is 11.0. The van der Waals surface area contributed by atoms with Crippen LogP contribution in [0.25, 0.3) is 0 Å². The van der Waals surface area contributed by atoms with Gasteiger partial charge >= 0.3 is 0 Å². The van der Waals surface area contributed by atoms with Gasteiger partial charge in [0.25, 0.3) is 0 Å². The molecule has 0 spiro atoms. The molecule has 3 heterocycles. The minimum absolute atomic E-state index is 0.0382. The molecule has 0 radical (unpaired) electrons. The van der Waals surface area contributed by atoms with Crippen molar-refractivity contribution < 1.29 is 8.42 Å². The Morgan fingerprint density at radius 1 is 1.36 bits per heavy atom. The van der Waals surface area contributed by atoms with Crippen LogP contribution in [0.15, 0.2) is 28.9 Å². The molecule has 1 aromatic heterocycles. The van der Waals surface area contributed by atoms with E-state index in [0.717, 1.165) is 36.9 Å². The minimum Gasteiger partial charge on any atom is -0.356 e. The Morgan fingerprint density at radius 2 is 2.14 bits per heavy atom. The second-order valence-corrected chi connectivity index (χ2v) is 8.30. The lowest BCUT2D eigenvalue weighted by molar-refractivity contribution is 0.400. The lowest BCUT2D eigenvalue weighted by atomic mass is 10.0. The molecule has 2 aliphatic heterocycles. The largest absolute Gasteiger partial charge is 0.356 e. The van der Waals surface area contributed by atoms with E-state index in [2.05, 4.69) is 20.2 Å². The topological polar surface area (TPSA) is 75.2 Å². The van der Waals surface area contributed by atoms with Crippen molar-refractivity contribution in [3.8, 4) is 0 Å². The van der Waals surface area contributed by atoms with Crippen LogP contribution >= 0.6 is 11.8 Å². The van der Waals surface area contributed by atoms with Crippen molar-refractivity contribution in [3.05, 3.63) is 23.7 Å². The van der Waals surface area contributed by atoms with E-state index < -0.39 is 9.84 Å². The fraction of sp³-hybridized carbons (Fsp3) is 0.571. The molecule has 8 heteroatoms. The monoisotopic (exact) mass is 340 g/mol. The predicted octanol–water partition coefficient (Wildman–Crippen LogP) is 1.07. The first-order valence-corrected chi connectivity index (χ1v) is 10.3.